The Hall–Kier alpha value is -1.34. The first-order valence-electron chi connectivity index (χ1n) is 4.82. The van der Waals surface area contributed by atoms with Crippen LogP contribution < -0.4 is 5.73 Å². The van der Waals surface area contributed by atoms with E-state index in [4.69, 9.17) is 5.73 Å². The zero-order valence-electron chi connectivity index (χ0n) is 9.12. The molecule has 0 bridgehead atoms. The summed E-state index contributed by atoms with van der Waals surface area (Å²) in [7, 11) is -3.72. The van der Waals surface area contributed by atoms with Crippen LogP contribution in [0.25, 0.3) is 4.72 Å². The van der Waals surface area contributed by atoms with Gasteiger partial charge < -0.3 is 15.4 Å². The minimum absolute atomic E-state index is 0. The second-order valence-corrected chi connectivity index (χ2v) is 4.93. The molecule has 1 aromatic carbocycles. The largest absolute Gasteiger partial charge is 1.00 e. The molecule has 1 heterocycles. The van der Waals surface area contributed by atoms with Crippen molar-refractivity contribution >= 4 is 21.5 Å². The summed E-state index contributed by atoms with van der Waals surface area (Å²) in [6.45, 7) is 0. The van der Waals surface area contributed by atoms with Crippen LogP contribution in [0.4, 0.5) is 11.5 Å². The fraction of sp³-hybridized carbons (Fsp3) is 0. The van der Waals surface area contributed by atoms with Crippen LogP contribution in [0, 0.1) is 0 Å². The number of benzene rings is 1. The predicted molar refractivity (Wildman–Crippen MR) is 65.3 cm³/mol. The van der Waals surface area contributed by atoms with E-state index in [1.54, 1.807) is 12.1 Å². The molecule has 0 aliphatic carbocycles. The van der Waals surface area contributed by atoms with Gasteiger partial charge in [-0.25, -0.2) is 8.42 Å². The van der Waals surface area contributed by atoms with Crippen molar-refractivity contribution in [2.45, 2.75) is 4.90 Å². The number of rotatable bonds is 3. The number of hydrogen-bond donors (Lipinski definition) is 1. The Balaban J connectivity index is 0.00000162. The summed E-state index contributed by atoms with van der Waals surface area (Å²) in [6, 6.07) is 10.7. The monoisotopic (exact) mass is 355 g/mol. The van der Waals surface area contributed by atoms with E-state index in [0.29, 0.717) is 5.69 Å². The van der Waals surface area contributed by atoms with Crippen LogP contribution >= 0.6 is 0 Å². The van der Waals surface area contributed by atoms with Gasteiger partial charge in [-0.3, -0.25) is 0 Å². The van der Waals surface area contributed by atoms with E-state index in [0.717, 1.165) is 0 Å². The van der Waals surface area contributed by atoms with E-state index >= 15 is 0 Å². The normalized spacial score (nSPS) is 10.4. The summed E-state index contributed by atoms with van der Waals surface area (Å²) < 4.78 is 27.3. The van der Waals surface area contributed by atoms with Crippen molar-refractivity contribution in [1.82, 2.24) is 4.98 Å². The Kier molecular flexibility index (Phi) is 4.92. The maximum Gasteiger partial charge on any atom is 1.00 e. The van der Waals surface area contributed by atoms with Crippen LogP contribution in [0.15, 0.2) is 53.6 Å². The molecule has 5 nitrogen and oxygen atoms in total. The van der Waals surface area contributed by atoms with Crippen molar-refractivity contribution < 1.29 is 30.8 Å². The third-order valence-corrected chi connectivity index (χ3v) is 3.34. The van der Waals surface area contributed by atoms with E-state index in [1.165, 1.54) is 36.5 Å². The number of hydrogen-bond acceptors (Lipinski definition) is 4. The van der Waals surface area contributed by atoms with Gasteiger partial charge in [0.2, 0.25) is 10.0 Å². The van der Waals surface area contributed by atoms with Gasteiger partial charge in [0, 0.05) is 5.69 Å². The number of nitrogen functional groups attached to an aromatic ring is 1. The number of nitrogens with zero attached hydrogens (tertiary/aromatic N) is 2. The summed E-state index contributed by atoms with van der Waals surface area (Å²) in [5, 5.41) is 0. The van der Waals surface area contributed by atoms with E-state index < -0.39 is 10.0 Å². The molecule has 2 N–H and O–H groups in total. The molecule has 0 unspecified atom stereocenters. The second kappa shape index (κ2) is 6.01. The van der Waals surface area contributed by atoms with Crippen LogP contribution in [0.3, 0.4) is 0 Å². The summed E-state index contributed by atoms with van der Waals surface area (Å²) in [6.07, 6.45) is 1.48. The van der Waals surface area contributed by atoms with Gasteiger partial charge in [-0.05, 0) is 30.1 Å². The van der Waals surface area contributed by atoms with Crippen molar-refractivity contribution in [3.05, 3.63) is 53.4 Å². The van der Waals surface area contributed by atoms with Crippen LogP contribution in [0.1, 0.15) is 0 Å². The van der Waals surface area contributed by atoms with Crippen LogP contribution in [0.2, 0.25) is 0 Å². The second-order valence-electron chi connectivity index (χ2n) is 3.32. The average Bonchev–Trinajstić information content (AvgIpc) is 2.30. The molecule has 18 heavy (non-hydrogen) atoms. The molecule has 1 aromatic heterocycles. The summed E-state index contributed by atoms with van der Waals surface area (Å²) >= 11 is 0. The minimum Gasteiger partial charge on any atom is -0.442 e. The van der Waals surface area contributed by atoms with Gasteiger partial charge in [0.05, 0.1) is 4.90 Å². The van der Waals surface area contributed by atoms with Crippen LogP contribution in [-0.4, -0.2) is 13.4 Å². The maximum atomic E-state index is 11.9. The van der Waals surface area contributed by atoms with Gasteiger partial charge in [-0.2, -0.15) is 0 Å². The Morgan fingerprint density at radius 1 is 1.06 bits per heavy atom. The number of nitrogens with two attached hydrogens (primary N) is 1. The van der Waals surface area contributed by atoms with Crippen molar-refractivity contribution in [3.63, 3.8) is 0 Å². The molecule has 2 rings (SSSR count). The van der Waals surface area contributed by atoms with Crippen molar-refractivity contribution in [3.8, 4) is 0 Å². The van der Waals surface area contributed by atoms with Crippen molar-refractivity contribution in [1.29, 1.82) is 0 Å². The quantitative estimate of drug-likeness (QED) is 0.674. The van der Waals surface area contributed by atoms with E-state index in [-0.39, 0.29) is 33.1 Å². The smallest absolute Gasteiger partial charge is 0.442 e. The Bertz CT molecular complexity index is 600. The Labute approximate surface area is 121 Å². The molecule has 7 heteroatoms. The van der Waals surface area contributed by atoms with Gasteiger partial charge in [0.25, 0.3) is 0 Å². The minimum atomic E-state index is -3.72. The zero-order valence-corrected chi connectivity index (χ0v) is 11.4. The summed E-state index contributed by atoms with van der Waals surface area (Å²) in [5.74, 6) is 0.157. The van der Waals surface area contributed by atoms with E-state index in [2.05, 4.69) is 9.71 Å². The van der Waals surface area contributed by atoms with Crippen LogP contribution in [-0.2, 0) is 32.4 Å². The molecule has 0 saturated heterocycles. The maximum absolute atomic E-state index is 11.9. The summed E-state index contributed by atoms with van der Waals surface area (Å²) in [5.41, 5.74) is 5.99. The first-order chi connectivity index (χ1) is 8.08. The number of aromatic nitrogens is 1. The number of sulfonamides is 1. The predicted octanol–water partition coefficient (Wildman–Crippen LogP) is 2.06. The average molecular weight is 356 g/mol. The SMILES string of the molecule is Nc1ccc(S(=O)(=O)[N-]c2ccccn2)cc1.[Ag+]. The standard InChI is InChI=1S/C11H10N3O2S.Ag/c12-9-4-6-10(7-5-9)17(15,16)14-11-3-1-2-8-13-11;/h1-8H,12H2;/q-1;+1. The van der Waals surface area contributed by atoms with Gasteiger partial charge in [-0.15, -0.1) is 0 Å². The first kappa shape index (κ1) is 14.7. The van der Waals surface area contributed by atoms with Crippen molar-refractivity contribution in [2.24, 2.45) is 0 Å². The zero-order chi connectivity index (χ0) is 12.3. The molecule has 0 atom stereocenters. The Morgan fingerprint density at radius 3 is 2.28 bits per heavy atom. The van der Waals surface area contributed by atoms with Gasteiger partial charge >= 0.3 is 22.4 Å². The number of pyridine rings is 1. The molecule has 0 amide bonds. The van der Waals surface area contributed by atoms with Gasteiger partial charge in [-0.1, -0.05) is 24.4 Å². The molecule has 0 aliphatic rings. The fourth-order valence-electron chi connectivity index (χ4n) is 1.22. The molecule has 0 saturated carbocycles. The molecule has 0 spiro atoms. The summed E-state index contributed by atoms with van der Waals surface area (Å²) in [4.78, 5) is 3.93. The molecular weight excluding hydrogens is 346 g/mol. The molecular formula is C11H10AgN3O2S. The van der Waals surface area contributed by atoms with E-state index in [1.807, 2.05) is 0 Å². The molecule has 2 aromatic rings. The number of anilines is 1. The van der Waals surface area contributed by atoms with Gasteiger partial charge in [0.1, 0.15) is 0 Å². The molecule has 0 aliphatic heterocycles. The van der Waals surface area contributed by atoms with Gasteiger partial charge in [0.15, 0.2) is 0 Å². The Morgan fingerprint density at radius 2 is 1.72 bits per heavy atom. The van der Waals surface area contributed by atoms with Crippen molar-refractivity contribution in [2.75, 3.05) is 5.73 Å². The third-order valence-electron chi connectivity index (χ3n) is 2.04. The third kappa shape index (κ3) is 3.58. The fourth-order valence-corrected chi connectivity index (χ4v) is 2.16. The first-order valence-corrected chi connectivity index (χ1v) is 6.26. The molecule has 0 fully saturated rings. The molecule has 98 valence electrons. The van der Waals surface area contributed by atoms with Crippen LogP contribution in [0.5, 0.6) is 0 Å². The molecule has 0 radical (unpaired) electrons. The van der Waals surface area contributed by atoms with E-state index in [9.17, 15) is 8.42 Å². The topological polar surface area (TPSA) is 87.2 Å².